The fraction of sp³-hybridized carbons (Fsp3) is 0.467. The summed E-state index contributed by atoms with van der Waals surface area (Å²) in [6.45, 7) is 4.10. The molecule has 0 N–H and O–H groups in total. The summed E-state index contributed by atoms with van der Waals surface area (Å²) in [5.74, 6) is 2.07. The maximum Gasteiger partial charge on any atom is 0.257 e. The molecule has 6 heteroatoms. The van der Waals surface area contributed by atoms with Crippen LogP contribution in [0.25, 0.3) is 11.5 Å². The van der Waals surface area contributed by atoms with Crippen molar-refractivity contribution in [2.24, 2.45) is 0 Å². The molecule has 1 fully saturated rings. The van der Waals surface area contributed by atoms with Gasteiger partial charge in [0.05, 0.1) is 18.2 Å². The maximum atomic E-state index is 6.21. The highest BCUT2D eigenvalue weighted by Gasteiger charge is 2.23. The summed E-state index contributed by atoms with van der Waals surface area (Å²) in [6, 6.07) is 5.49. The Morgan fingerprint density at radius 1 is 1.43 bits per heavy atom. The molecule has 0 amide bonds. The third-order valence-corrected chi connectivity index (χ3v) is 3.67. The van der Waals surface area contributed by atoms with E-state index in [0.717, 1.165) is 25.0 Å². The first-order valence-corrected chi connectivity index (χ1v) is 7.49. The van der Waals surface area contributed by atoms with Crippen molar-refractivity contribution in [3.63, 3.8) is 0 Å². The molecule has 0 radical (unpaired) electrons. The van der Waals surface area contributed by atoms with Crippen molar-refractivity contribution in [1.82, 2.24) is 10.1 Å². The Labute approximate surface area is 128 Å². The Hall–Kier alpha value is -1.59. The Kier molecular flexibility index (Phi) is 4.41. The van der Waals surface area contributed by atoms with E-state index in [1.807, 2.05) is 12.1 Å². The van der Waals surface area contributed by atoms with Crippen LogP contribution in [0.3, 0.4) is 0 Å². The zero-order chi connectivity index (χ0) is 14.7. The van der Waals surface area contributed by atoms with Gasteiger partial charge in [0, 0.05) is 18.1 Å². The average Bonchev–Trinajstić information content (AvgIpc) is 3.16. The van der Waals surface area contributed by atoms with Gasteiger partial charge in [-0.2, -0.15) is 4.98 Å². The van der Waals surface area contributed by atoms with Crippen LogP contribution in [-0.4, -0.2) is 30.0 Å². The second kappa shape index (κ2) is 6.45. The molecular formula is C15H17ClN2O3. The number of hydrogen-bond acceptors (Lipinski definition) is 5. The molecule has 1 atom stereocenters. The molecule has 3 rings (SSSR count). The lowest BCUT2D eigenvalue weighted by atomic mass is 10.1. The largest absolute Gasteiger partial charge is 0.492 e. The molecular weight excluding hydrogens is 292 g/mol. The third kappa shape index (κ3) is 3.19. The van der Waals surface area contributed by atoms with Gasteiger partial charge in [-0.25, -0.2) is 0 Å². The molecule has 21 heavy (non-hydrogen) atoms. The summed E-state index contributed by atoms with van der Waals surface area (Å²) in [6.07, 6.45) is 1.87. The van der Waals surface area contributed by atoms with E-state index in [1.54, 1.807) is 6.07 Å². The molecule has 1 aliphatic heterocycles. The summed E-state index contributed by atoms with van der Waals surface area (Å²) in [5, 5.41) is 4.58. The van der Waals surface area contributed by atoms with Crippen molar-refractivity contribution < 1.29 is 14.0 Å². The zero-order valence-electron chi connectivity index (χ0n) is 11.8. The number of benzene rings is 1. The van der Waals surface area contributed by atoms with Gasteiger partial charge in [-0.05, 0) is 31.0 Å². The minimum atomic E-state index is 0.227. The molecule has 1 aromatic heterocycles. The maximum absolute atomic E-state index is 6.21. The van der Waals surface area contributed by atoms with Crippen LogP contribution < -0.4 is 4.74 Å². The molecule has 112 valence electrons. The van der Waals surface area contributed by atoms with Crippen LogP contribution in [0.2, 0.25) is 5.02 Å². The Bertz CT molecular complexity index is 609. The second-order valence-corrected chi connectivity index (χ2v) is 5.42. The van der Waals surface area contributed by atoms with E-state index in [0.29, 0.717) is 35.7 Å². The van der Waals surface area contributed by atoms with Gasteiger partial charge in [-0.1, -0.05) is 23.7 Å². The summed E-state index contributed by atoms with van der Waals surface area (Å²) >= 11 is 6.21. The van der Waals surface area contributed by atoms with Gasteiger partial charge in [0.1, 0.15) is 5.75 Å². The first kappa shape index (κ1) is 14.4. The lowest BCUT2D eigenvalue weighted by Gasteiger charge is -2.06. The van der Waals surface area contributed by atoms with Gasteiger partial charge in [-0.15, -0.1) is 0 Å². The van der Waals surface area contributed by atoms with Crippen molar-refractivity contribution in [3.8, 4) is 17.2 Å². The normalized spacial score (nSPS) is 18.1. The van der Waals surface area contributed by atoms with Crippen LogP contribution in [0.4, 0.5) is 0 Å². The molecule has 0 bridgehead atoms. The van der Waals surface area contributed by atoms with Crippen molar-refractivity contribution >= 4 is 11.6 Å². The van der Waals surface area contributed by atoms with E-state index >= 15 is 0 Å². The quantitative estimate of drug-likeness (QED) is 0.843. The molecule has 0 aliphatic carbocycles. The zero-order valence-corrected chi connectivity index (χ0v) is 12.6. The van der Waals surface area contributed by atoms with E-state index in [9.17, 15) is 0 Å². The van der Waals surface area contributed by atoms with Gasteiger partial charge in [0.15, 0.2) is 5.82 Å². The van der Waals surface area contributed by atoms with Crippen molar-refractivity contribution in [3.05, 3.63) is 29.0 Å². The van der Waals surface area contributed by atoms with E-state index in [2.05, 4.69) is 17.1 Å². The summed E-state index contributed by atoms with van der Waals surface area (Å²) < 4.78 is 16.2. The molecule has 1 saturated heterocycles. The minimum absolute atomic E-state index is 0.227. The SMILES string of the molecule is CCCOc1ccc(-c2nc(C3CCOC3)no2)cc1Cl. The highest BCUT2D eigenvalue weighted by molar-refractivity contribution is 6.32. The van der Waals surface area contributed by atoms with Crippen LogP contribution in [0, 0.1) is 0 Å². The highest BCUT2D eigenvalue weighted by atomic mass is 35.5. The average molecular weight is 309 g/mol. The molecule has 0 spiro atoms. The van der Waals surface area contributed by atoms with Crippen LogP contribution in [0.15, 0.2) is 22.7 Å². The fourth-order valence-corrected chi connectivity index (χ4v) is 2.45. The van der Waals surface area contributed by atoms with Gasteiger partial charge in [0.2, 0.25) is 0 Å². The van der Waals surface area contributed by atoms with E-state index in [1.165, 1.54) is 0 Å². The monoisotopic (exact) mass is 308 g/mol. The topological polar surface area (TPSA) is 57.4 Å². The number of rotatable bonds is 5. The number of aromatic nitrogens is 2. The molecule has 0 saturated carbocycles. The first-order chi connectivity index (χ1) is 10.3. The molecule has 2 heterocycles. The molecule has 1 unspecified atom stereocenters. The number of halogens is 1. The number of nitrogens with zero attached hydrogens (tertiary/aromatic N) is 2. The minimum Gasteiger partial charge on any atom is -0.492 e. The predicted octanol–water partition coefficient (Wildman–Crippen LogP) is 3.68. The highest BCUT2D eigenvalue weighted by Crippen LogP contribution is 2.31. The van der Waals surface area contributed by atoms with E-state index in [4.69, 9.17) is 25.6 Å². The molecule has 1 aliphatic rings. The van der Waals surface area contributed by atoms with Gasteiger partial charge in [0.25, 0.3) is 5.89 Å². The van der Waals surface area contributed by atoms with E-state index in [-0.39, 0.29) is 5.92 Å². The lowest BCUT2D eigenvalue weighted by molar-refractivity contribution is 0.192. The third-order valence-electron chi connectivity index (χ3n) is 3.38. The van der Waals surface area contributed by atoms with Crippen LogP contribution >= 0.6 is 11.6 Å². The number of ether oxygens (including phenoxy) is 2. The number of hydrogen-bond donors (Lipinski definition) is 0. The van der Waals surface area contributed by atoms with Gasteiger partial charge < -0.3 is 14.0 Å². The van der Waals surface area contributed by atoms with Crippen molar-refractivity contribution in [1.29, 1.82) is 0 Å². The summed E-state index contributed by atoms with van der Waals surface area (Å²) in [7, 11) is 0. The smallest absolute Gasteiger partial charge is 0.257 e. The van der Waals surface area contributed by atoms with Crippen LogP contribution in [0.5, 0.6) is 5.75 Å². The molecule has 2 aromatic rings. The Balaban J connectivity index is 1.78. The lowest BCUT2D eigenvalue weighted by Crippen LogP contribution is -1.99. The molecule has 1 aromatic carbocycles. The Morgan fingerprint density at radius 2 is 2.33 bits per heavy atom. The predicted molar refractivity (Wildman–Crippen MR) is 78.7 cm³/mol. The van der Waals surface area contributed by atoms with Crippen LogP contribution in [0.1, 0.15) is 31.5 Å². The summed E-state index contributed by atoms with van der Waals surface area (Å²) in [4.78, 5) is 4.44. The van der Waals surface area contributed by atoms with Gasteiger partial charge >= 0.3 is 0 Å². The van der Waals surface area contributed by atoms with Crippen LogP contribution in [-0.2, 0) is 4.74 Å². The first-order valence-electron chi connectivity index (χ1n) is 7.12. The summed E-state index contributed by atoms with van der Waals surface area (Å²) in [5.41, 5.74) is 0.793. The fourth-order valence-electron chi connectivity index (χ4n) is 2.22. The Morgan fingerprint density at radius 3 is 3.05 bits per heavy atom. The van der Waals surface area contributed by atoms with E-state index < -0.39 is 0 Å². The van der Waals surface area contributed by atoms with Gasteiger partial charge in [-0.3, -0.25) is 0 Å². The second-order valence-electron chi connectivity index (χ2n) is 5.01. The van der Waals surface area contributed by atoms with Crippen molar-refractivity contribution in [2.45, 2.75) is 25.7 Å². The standard InChI is InChI=1S/C15H17ClN2O3/c1-2-6-20-13-4-3-10(8-12(13)16)15-17-14(18-21-15)11-5-7-19-9-11/h3-4,8,11H,2,5-7,9H2,1H3. The molecule has 5 nitrogen and oxygen atoms in total. The van der Waals surface area contributed by atoms with Crippen molar-refractivity contribution in [2.75, 3.05) is 19.8 Å².